The molecule has 0 aliphatic heterocycles. The molecule has 1 atom stereocenters. The molecule has 3 nitrogen and oxygen atoms in total. The highest BCUT2D eigenvalue weighted by molar-refractivity contribution is 7.05. The number of hydrogen-bond donors (Lipinski definition) is 1. The van der Waals surface area contributed by atoms with Crippen molar-refractivity contribution < 1.29 is 0 Å². The van der Waals surface area contributed by atoms with Crippen molar-refractivity contribution in [3.8, 4) is 0 Å². The fraction of sp³-hybridized carbons (Fsp3) is 0.833. The molecule has 0 amide bonds. The quantitative estimate of drug-likeness (QED) is 0.861. The molecule has 4 heteroatoms. The Bertz CT molecular complexity index is 314. The topological polar surface area (TPSA) is 37.8 Å². The summed E-state index contributed by atoms with van der Waals surface area (Å²) in [7, 11) is 0. The number of aromatic nitrogens is 2. The highest BCUT2D eigenvalue weighted by Gasteiger charge is 2.20. The molecule has 0 saturated carbocycles. The molecule has 1 rings (SSSR count). The highest BCUT2D eigenvalue weighted by atomic mass is 32.1. The van der Waals surface area contributed by atoms with E-state index in [9.17, 15) is 0 Å². The van der Waals surface area contributed by atoms with Crippen LogP contribution in [0.3, 0.4) is 0 Å². The van der Waals surface area contributed by atoms with Gasteiger partial charge in [-0.25, -0.2) is 4.98 Å². The van der Waals surface area contributed by atoms with Gasteiger partial charge in [-0.3, -0.25) is 0 Å². The molecular formula is C12H23N3S. The van der Waals surface area contributed by atoms with Crippen molar-refractivity contribution in [3.63, 3.8) is 0 Å². The summed E-state index contributed by atoms with van der Waals surface area (Å²) in [6, 6.07) is 0.533. The van der Waals surface area contributed by atoms with Crippen LogP contribution in [0.5, 0.6) is 0 Å². The molecular weight excluding hydrogens is 218 g/mol. The number of nitrogens with zero attached hydrogens (tertiary/aromatic N) is 2. The Hall–Kier alpha value is -0.480. The molecule has 0 aliphatic rings. The first kappa shape index (κ1) is 13.6. The Morgan fingerprint density at radius 1 is 1.31 bits per heavy atom. The van der Waals surface area contributed by atoms with Gasteiger partial charge in [0.25, 0.3) is 0 Å². The number of likely N-dealkylation sites (N-methyl/N-ethyl adjacent to an activating group) is 1. The van der Waals surface area contributed by atoms with Crippen LogP contribution in [0.25, 0.3) is 0 Å². The van der Waals surface area contributed by atoms with Crippen molar-refractivity contribution in [2.45, 2.75) is 58.9 Å². The summed E-state index contributed by atoms with van der Waals surface area (Å²) < 4.78 is 4.44. The van der Waals surface area contributed by atoms with Crippen molar-refractivity contribution in [2.24, 2.45) is 0 Å². The molecule has 0 bridgehead atoms. The predicted octanol–water partition coefficient (Wildman–Crippen LogP) is 2.77. The molecule has 0 aliphatic carbocycles. The second kappa shape index (κ2) is 5.73. The van der Waals surface area contributed by atoms with Crippen LogP contribution in [0.1, 0.15) is 51.9 Å². The Morgan fingerprint density at radius 2 is 2.00 bits per heavy atom. The smallest absolute Gasteiger partial charge is 0.147 e. The van der Waals surface area contributed by atoms with Crippen LogP contribution in [-0.4, -0.2) is 21.9 Å². The van der Waals surface area contributed by atoms with Gasteiger partial charge in [-0.15, -0.1) is 0 Å². The van der Waals surface area contributed by atoms with Crippen molar-refractivity contribution in [1.29, 1.82) is 0 Å². The Kier molecular flexibility index (Phi) is 4.87. The summed E-state index contributed by atoms with van der Waals surface area (Å²) in [4.78, 5) is 4.62. The fourth-order valence-electron chi connectivity index (χ4n) is 1.50. The third-order valence-corrected chi connectivity index (χ3v) is 3.28. The zero-order valence-electron chi connectivity index (χ0n) is 11.0. The van der Waals surface area contributed by atoms with Gasteiger partial charge in [0.1, 0.15) is 10.8 Å². The minimum absolute atomic E-state index is 0.0641. The van der Waals surface area contributed by atoms with Crippen LogP contribution in [0, 0.1) is 0 Å². The second-order valence-corrected chi connectivity index (χ2v) is 5.97. The molecule has 0 fully saturated rings. The molecule has 1 N–H and O–H groups in total. The average Bonchev–Trinajstić information content (AvgIpc) is 2.65. The van der Waals surface area contributed by atoms with Crippen molar-refractivity contribution in [3.05, 3.63) is 10.8 Å². The maximum atomic E-state index is 4.62. The summed E-state index contributed by atoms with van der Waals surface area (Å²) in [5, 5.41) is 4.62. The number of hydrogen-bond acceptors (Lipinski definition) is 4. The molecule has 1 heterocycles. The summed E-state index contributed by atoms with van der Waals surface area (Å²) in [6.07, 6.45) is 2.14. The Morgan fingerprint density at radius 3 is 2.44 bits per heavy atom. The van der Waals surface area contributed by atoms with E-state index >= 15 is 0 Å². The predicted molar refractivity (Wildman–Crippen MR) is 70.1 cm³/mol. The molecule has 16 heavy (non-hydrogen) atoms. The van der Waals surface area contributed by atoms with Crippen LogP contribution in [-0.2, 0) is 11.8 Å². The van der Waals surface area contributed by atoms with E-state index < -0.39 is 0 Å². The van der Waals surface area contributed by atoms with Crippen molar-refractivity contribution in [1.82, 2.24) is 14.7 Å². The second-order valence-electron chi connectivity index (χ2n) is 5.13. The molecule has 1 aromatic heterocycles. The van der Waals surface area contributed by atoms with E-state index in [4.69, 9.17) is 0 Å². The zero-order chi connectivity index (χ0) is 12.2. The van der Waals surface area contributed by atoms with Gasteiger partial charge >= 0.3 is 0 Å². The summed E-state index contributed by atoms with van der Waals surface area (Å²) in [5.41, 5.74) is 0.0641. The molecule has 0 spiro atoms. The standard InChI is InChI=1S/C12H23N3S/c1-6-9(13-7-2)8-10-14-11(15-16-10)12(3,4)5/h9,13H,6-8H2,1-5H3. The fourth-order valence-corrected chi connectivity index (χ4v) is 2.41. The minimum Gasteiger partial charge on any atom is -0.314 e. The van der Waals surface area contributed by atoms with Crippen LogP contribution in [0.4, 0.5) is 0 Å². The van der Waals surface area contributed by atoms with E-state index in [1.54, 1.807) is 11.5 Å². The monoisotopic (exact) mass is 241 g/mol. The van der Waals surface area contributed by atoms with E-state index in [1.807, 2.05) is 0 Å². The van der Waals surface area contributed by atoms with Gasteiger partial charge in [-0.2, -0.15) is 4.37 Å². The lowest BCUT2D eigenvalue weighted by Crippen LogP contribution is -2.30. The molecule has 1 aromatic rings. The van der Waals surface area contributed by atoms with Gasteiger partial charge in [-0.05, 0) is 24.5 Å². The maximum Gasteiger partial charge on any atom is 0.147 e. The summed E-state index contributed by atoms with van der Waals surface area (Å²) >= 11 is 1.54. The van der Waals surface area contributed by atoms with Crippen molar-refractivity contribution in [2.75, 3.05) is 6.54 Å². The molecule has 1 unspecified atom stereocenters. The highest BCUT2D eigenvalue weighted by Crippen LogP contribution is 2.21. The zero-order valence-corrected chi connectivity index (χ0v) is 11.8. The number of rotatable bonds is 5. The third kappa shape index (κ3) is 3.83. The van der Waals surface area contributed by atoms with Gasteiger partial charge in [0.05, 0.1) is 0 Å². The first-order chi connectivity index (χ1) is 7.47. The van der Waals surface area contributed by atoms with Crippen molar-refractivity contribution >= 4 is 11.5 Å². The molecule has 0 radical (unpaired) electrons. The van der Waals surface area contributed by atoms with Crippen LogP contribution in [0.15, 0.2) is 0 Å². The van der Waals surface area contributed by atoms with E-state index in [0.29, 0.717) is 6.04 Å². The summed E-state index contributed by atoms with van der Waals surface area (Å²) in [5.74, 6) is 0.971. The maximum absolute atomic E-state index is 4.62. The lowest BCUT2D eigenvalue weighted by atomic mass is 9.96. The van der Waals surface area contributed by atoms with Crippen LogP contribution < -0.4 is 5.32 Å². The van der Waals surface area contributed by atoms with E-state index in [1.165, 1.54) is 0 Å². The molecule has 0 saturated heterocycles. The minimum atomic E-state index is 0.0641. The van der Waals surface area contributed by atoms with Gasteiger partial charge in [0.15, 0.2) is 0 Å². The Labute approximate surface area is 103 Å². The van der Waals surface area contributed by atoms with E-state index in [2.05, 4.69) is 49.3 Å². The van der Waals surface area contributed by atoms with E-state index in [-0.39, 0.29) is 5.41 Å². The molecule has 0 aromatic carbocycles. The first-order valence-electron chi connectivity index (χ1n) is 6.03. The van der Waals surface area contributed by atoms with Gasteiger partial charge < -0.3 is 5.32 Å². The lowest BCUT2D eigenvalue weighted by molar-refractivity contribution is 0.505. The Balaban J connectivity index is 2.64. The third-order valence-electron chi connectivity index (χ3n) is 2.55. The van der Waals surface area contributed by atoms with Gasteiger partial charge in [-0.1, -0.05) is 34.6 Å². The SMILES string of the molecule is CCNC(CC)Cc1nc(C(C)(C)C)ns1. The normalized spacial score (nSPS) is 14.1. The van der Waals surface area contributed by atoms with Crippen LogP contribution >= 0.6 is 11.5 Å². The first-order valence-corrected chi connectivity index (χ1v) is 6.81. The average molecular weight is 241 g/mol. The van der Waals surface area contributed by atoms with Gasteiger partial charge in [0, 0.05) is 17.9 Å². The largest absolute Gasteiger partial charge is 0.314 e. The van der Waals surface area contributed by atoms with Gasteiger partial charge in [0.2, 0.25) is 0 Å². The molecule has 92 valence electrons. The number of nitrogens with one attached hydrogen (secondary N) is 1. The van der Waals surface area contributed by atoms with E-state index in [0.717, 1.165) is 30.2 Å². The lowest BCUT2D eigenvalue weighted by Gasteiger charge is -2.14. The summed E-state index contributed by atoms with van der Waals surface area (Å²) in [6.45, 7) is 11.8. The van der Waals surface area contributed by atoms with Crippen LogP contribution in [0.2, 0.25) is 0 Å².